The Kier molecular flexibility index (Phi) is 5.50. The van der Waals surface area contributed by atoms with Crippen LogP contribution in [0.5, 0.6) is 0 Å². The fourth-order valence-corrected chi connectivity index (χ4v) is 4.74. The molecule has 0 N–H and O–H groups in total. The van der Waals surface area contributed by atoms with Crippen LogP contribution in [0, 0.1) is 0 Å². The van der Waals surface area contributed by atoms with Crippen molar-refractivity contribution in [3.05, 3.63) is 65.2 Å². The lowest BCUT2D eigenvalue weighted by atomic mass is 9.93. The van der Waals surface area contributed by atoms with Crippen LogP contribution in [0.4, 0.5) is 10.5 Å². The number of carbonyl (C=O) groups excluding carboxylic acids is 2. The number of oxime groups is 1. The molecule has 2 saturated heterocycles. The normalized spacial score (nSPS) is 27.2. The van der Waals surface area contributed by atoms with Gasteiger partial charge in [-0.15, -0.1) is 0 Å². The number of benzene rings is 2. The minimum atomic E-state index is -1.18. The Hall–Kier alpha value is -3.10. The van der Waals surface area contributed by atoms with E-state index in [-0.39, 0.29) is 25.5 Å². The van der Waals surface area contributed by atoms with Crippen molar-refractivity contribution in [1.29, 1.82) is 0 Å². The van der Waals surface area contributed by atoms with Gasteiger partial charge in [-0.25, -0.2) is 4.79 Å². The molecule has 2 atom stereocenters. The number of carbonyl (C=O) groups is 2. The van der Waals surface area contributed by atoms with Gasteiger partial charge in [-0.05, 0) is 25.1 Å². The van der Waals surface area contributed by atoms with E-state index in [1.807, 2.05) is 48.5 Å². The van der Waals surface area contributed by atoms with Crippen molar-refractivity contribution in [2.24, 2.45) is 5.16 Å². The highest BCUT2D eigenvalue weighted by atomic mass is 35.5. The summed E-state index contributed by atoms with van der Waals surface area (Å²) in [4.78, 5) is 35.2. The quantitative estimate of drug-likeness (QED) is 0.687. The summed E-state index contributed by atoms with van der Waals surface area (Å²) >= 11 is 6.31. The van der Waals surface area contributed by atoms with Crippen LogP contribution in [0.15, 0.2) is 59.8 Å². The molecule has 3 heterocycles. The number of amides is 2. The summed E-state index contributed by atoms with van der Waals surface area (Å²) in [6.07, 6.45) is -0.165. The van der Waals surface area contributed by atoms with E-state index in [0.29, 0.717) is 30.4 Å². The second-order valence-corrected chi connectivity index (χ2v) is 9.18. The zero-order valence-electron chi connectivity index (χ0n) is 18.2. The Balaban J connectivity index is 1.33. The van der Waals surface area contributed by atoms with Crippen molar-refractivity contribution in [2.75, 3.05) is 37.7 Å². The lowest BCUT2D eigenvalue weighted by Gasteiger charge is -2.33. The first-order valence-electron chi connectivity index (χ1n) is 10.8. The number of nitrogens with zero attached hydrogens (tertiary/aromatic N) is 3. The van der Waals surface area contributed by atoms with Gasteiger partial charge in [0.2, 0.25) is 5.60 Å². The van der Waals surface area contributed by atoms with Crippen LogP contribution in [0.3, 0.4) is 0 Å². The molecule has 3 aliphatic rings. The van der Waals surface area contributed by atoms with Crippen LogP contribution in [0.2, 0.25) is 5.02 Å². The summed E-state index contributed by atoms with van der Waals surface area (Å²) in [5.41, 5.74) is -0.0258. The highest BCUT2D eigenvalue weighted by Crippen LogP contribution is 2.34. The van der Waals surface area contributed by atoms with Gasteiger partial charge in [0, 0.05) is 29.2 Å². The monoisotopic (exact) mass is 469 g/mol. The largest absolute Gasteiger partial charge is 0.436 e. The average Bonchev–Trinajstić information content (AvgIpc) is 3.29. The number of halogens is 1. The Bertz CT molecular complexity index is 1110. The van der Waals surface area contributed by atoms with Gasteiger partial charge < -0.3 is 19.2 Å². The lowest BCUT2D eigenvalue weighted by molar-refractivity contribution is -0.155. The minimum Gasteiger partial charge on any atom is -0.436 e. The van der Waals surface area contributed by atoms with Gasteiger partial charge in [0.25, 0.3) is 5.91 Å². The Morgan fingerprint density at radius 3 is 2.64 bits per heavy atom. The van der Waals surface area contributed by atoms with Crippen LogP contribution in [0.25, 0.3) is 0 Å². The summed E-state index contributed by atoms with van der Waals surface area (Å²) in [5.74, 6) is -0.229. The molecule has 33 heavy (non-hydrogen) atoms. The molecule has 9 heteroatoms. The summed E-state index contributed by atoms with van der Waals surface area (Å²) in [6, 6.07) is 16.6. The van der Waals surface area contributed by atoms with E-state index < -0.39 is 17.3 Å². The second kappa shape index (κ2) is 8.35. The fourth-order valence-electron chi connectivity index (χ4n) is 4.49. The van der Waals surface area contributed by atoms with Gasteiger partial charge >= 0.3 is 6.09 Å². The molecule has 1 spiro atoms. The third-order valence-corrected chi connectivity index (χ3v) is 6.50. The third-order valence-electron chi connectivity index (χ3n) is 6.17. The molecule has 0 bridgehead atoms. The molecule has 8 nitrogen and oxygen atoms in total. The van der Waals surface area contributed by atoms with Crippen LogP contribution >= 0.6 is 11.6 Å². The second-order valence-electron chi connectivity index (χ2n) is 8.77. The van der Waals surface area contributed by atoms with Crippen LogP contribution in [0.1, 0.15) is 18.9 Å². The number of rotatable bonds is 3. The highest BCUT2D eigenvalue weighted by molar-refractivity contribution is 6.34. The molecule has 2 aromatic rings. The summed E-state index contributed by atoms with van der Waals surface area (Å²) in [6.45, 7) is 3.14. The number of hydrogen-bond acceptors (Lipinski definition) is 6. The zero-order valence-corrected chi connectivity index (χ0v) is 19.0. The molecular formula is C24H24ClN3O5. The number of para-hydroxylation sites is 1. The molecule has 0 saturated carbocycles. The Morgan fingerprint density at radius 1 is 1.09 bits per heavy atom. The fraction of sp³-hybridized carbons (Fsp3) is 0.375. The topological polar surface area (TPSA) is 80.7 Å². The van der Waals surface area contributed by atoms with Crippen LogP contribution in [-0.4, -0.2) is 66.7 Å². The standard InChI is InChI=1S/C24H24ClN3O5/c1-23(13-20(26-33-23)18-9-5-6-10-19(18)25)21(29)27-11-12-31-16-24(14-27)15-28(22(30)32-24)17-7-3-2-4-8-17/h2-10H,11-16H2,1H3/t23-,24-/m0/s1. The summed E-state index contributed by atoms with van der Waals surface area (Å²) in [7, 11) is 0. The molecule has 5 rings (SSSR count). The van der Waals surface area contributed by atoms with Gasteiger partial charge in [0.05, 0.1) is 32.0 Å². The molecule has 2 amide bonds. The predicted molar refractivity (Wildman–Crippen MR) is 122 cm³/mol. The third kappa shape index (κ3) is 4.05. The molecule has 2 fully saturated rings. The van der Waals surface area contributed by atoms with E-state index in [2.05, 4.69) is 5.16 Å². The molecule has 0 unspecified atom stereocenters. The number of ether oxygens (including phenoxy) is 2. The Labute approximate surface area is 196 Å². The van der Waals surface area contributed by atoms with E-state index in [1.54, 1.807) is 22.8 Å². The average molecular weight is 470 g/mol. The number of anilines is 1. The molecular weight excluding hydrogens is 446 g/mol. The first kappa shape index (κ1) is 21.7. The molecule has 0 aliphatic carbocycles. The van der Waals surface area contributed by atoms with Crippen molar-refractivity contribution >= 4 is 35.0 Å². The van der Waals surface area contributed by atoms with Gasteiger partial charge in [0.1, 0.15) is 0 Å². The van der Waals surface area contributed by atoms with Crippen molar-refractivity contribution < 1.29 is 23.9 Å². The molecule has 0 aromatic heterocycles. The molecule has 2 aromatic carbocycles. The SMILES string of the molecule is C[C@@]1(C(=O)N2CCOC[C@]3(C2)CN(c2ccccc2)C(=O)O3)CC(c2ccccc2Cl)=NO1. The van der Waals surface area contributed by atoms with E-state index in [9.17, 15) is 9.59 Å². The summed E-state index contributed by atoms with van der Waals surface area (Å²) in [5, 5.41) is 4.73. The first-order chi connectivity index (χ1) is 15.9. The predicted octanol–water partition coefficient (Wildman–Crippen LogP) is 3.48. The van der Waals surface area contributed by atoms with Crippen molar-refractivity contribution in [2.45, 2.75) is 24.5 Å². The molecule has 0 radical (unpaired) electrons. The zero-order chi connectivity index (χ0) is 23.1. The van der Waals surface area contributed by atoms with Gasteiger partial charge in [-0.2, -0.15) is 0 Å². The van der Waals surface area contributed by atoms with E-state index in [4.69, 9.17) is 25.9 Å². The maximum absolute atomic E-state index is 13.6. The summed E-state index contributed by atoms with van der Waals surface area (Å²) < 4.78 is 11.6. The maximum atomic E-state index is 13.6. The maximum Gasteiger partial charge on any atom is 0.415 e. The van der Waals surface area contributed by atoms with Gasteiger partial charge in [0.15, 0.2) is 5.60 Å². The molecule has 3 aliphatic heterocycles. The van der Waals surface area contributed by atoms with Crippen LogP contribution < -0.4 is 4.90 Å². The lowest BCUT2D eigenvalue weighted by Crippen LogP contribution is -2.54. The van der Waals surface area contributed by atoms with E-state index in [1.165, 1.54) is 0 Å². The van der Waals surface area contributed by atoms with E-state index >= 15 is 0 Å². The van der Waals surface area contributed by atoms with Gasteiger partial charge in [-0.1, -0.05) is 53.2 Å². The number of hydrogen-bond donors (Lipinski definition) is 0. The molecule has 172 valence electrons. The van der Waals surface area contributed by atoms with Crippen molar-refractivity contribution in [1.82, 2.24) is 4.90 Å². The first-order valence-corrected chi connectivity index (χ1v) is 11.2. The van der Waals surface area contributed by atoms with E-state index in [0.717, 1.165) is 11.3 Å². The smallest absolute Gasteiger partial charge is 0.415 e. The Morgan fingerprint density at radius 2 is 1.85 bits per heavy atom. The van der Waals surface area contributed by atoms with Crippen molar-refractivity contribution in [3.8, 4) is 0 Å². The highest BCUT2D eigenvalue weighted by Gasteiger charge is 2.52. The minimum absolute atomic E-state index is 0.210. The van der Waals surface area contributed by atoms with Crippen LogP contribution in [-0.2, 0) is 19.1 Å². The van der Waals surface area contributed by atoms with Gasteiger partial charge in [-0.3, -0.25) is 9.69 Å². The van der Waals surface area contributed by atoms with Crippen molar-refractivity contribution in [3.63, 3.8) is 0 Å².